The van der Waals surface area contributed by atoms with E-state index in [1.165, 1.54) is 36.4 Å². The van der Waals surface area contributed by atoms with Gasteiger partial charge in [-0.3, -0.25) is 4.79 Å². The molecule has 0 radical (unpaired) electrons. The molecule has 0 fully saturated rings. The number of hydrogen-bond donors (Lipinski definition) is 0. The monoisotopic (exact) mass is 305 g/mol. The predicted octanol–water partition coefficient (Wildman–Crippen LogP) is 3.27. The Balaban J connectivity index is 2.01. The van der Waals surface area contributed by atoms with Gasteiger partial charge in [-0.2, -0.15) is 0 Å². The summed E-state index contributed by atoms with van der Waals surface area (Å²) in [6, 6.07) is 10.1. The molecule has 3 rings (SSSR count). The van der Waals surface area contributed by atoms with Crippen molar-refractivity contribution < 1.29 is 13.6 Å². The molecule has 0 aliphatic carbocycles. The van der Waals surface area contributed by atoms with Crippen LogP contribution < -0.4 is 5.76 Å². The van der Waals surface area contributed by atoms with Crippen molar-refractivity contribution in [3.05, 3.63) is 69.4 Å². The number of carbonyl (C=O) groups is 1. The molecule has 2 aromatic carbocycles. The Morgan fingerprint density at radius 3 is 2.62 bits per heavy atom. The standard InChI is InChI=1S/C15H9ClFNO3/c16-10-3-6-13-12(8-10)18(15(20)21-13)14(19)7-9-1-4-11(17)5-2-9/h1-6,8H,7H2. The maximum absolute atomic E-state index is 12.8. The van der Waals surface area contributed by atoms with E-state index in [0.717, 1.165) is 4.57 Å². The Kier molecular flexibility index (Phi) is 3.35. The van der Waals surface area contributed by atoms with Crippen molar-refractivity contribution >= 4 is 28.6 Å². The Bertz CT molecular complexity index is 880. The fraction of sp³-hybridized carbons (Fsp3) is 0.0667. The van der Waals surface area contributed by atoms with Gasteiger partial charge in [0.15, 0.2) is 5.58 Å². The molecule has 0 unspecified atom stereocenters. The topological polar surface area (TPSA) is 52.2 Å². The predicted molar refractivity (Wildman–Crippen MR) is 76.2 cm³/mol. The van der Waals surface area contributed by atoms with Crippen molar-refractivity contribution in [1.29, 1.82) is 0 Å². The quantitative estimate of drug-likeness (QED) is 0.730. The summed E-state index contributed by atoms with van der Waals surface area (Å²) < 4.78 is 18.8. The van der Waals surface area contributed by atoms with E-state index in [2.05, 4.69) is 0 Å². The molecular weight excluding hydrogens is 297 g/mol. The largest absolute Gasteiger partial charge is 0.426 e. The number of benzene rings is 2. The van der Waals surface area contributed by atoms with Gasteiger partial charge in [0.25, 0.3) is 0 Å². The summed E-state index contributed by atoms with van der Waals surface area (Å²) in [7, 11) is 0. The third-order valence-corrected chi connectivity index (χ3v) is 3.29. The van der Waals surface area contributed by atoms with Crippen molar-refractivity contribution in [3.8, 4) is 0 Å². The number of nitrogens with zero attached hydrogens (tertiary/aromatic N) is 1. The molecular formula is C15H9ClFNO3. The number of halogens is 2. The second-order valence-corrected chi connectivity index (χ2v) is 4.95. The molecule has 4 nitrogen and oxygen atoms in total. The van der Waals surface area contributed by atoms with E-state index >= 15 is 0 Å². The average molecular weight is 306 g/mol. The normalized spacial score (nSPS) is 11.0. The zero-order chi connectivity index (χ0) is 15.0. The van der Waals surface area contributed by atoms with Crippen LogP contribution in [0, 0.1) is 5.82 Å². The Hall–Kier alpha value is -2.40. The second kappa shape index (κ2) is 5.18. The number of rotatable bonds is 2. The lowest BCUT2D eigenvalue weighted by molar-refractivity contribution is 0.0910. The van der Waals surface area contributed by atoms with Gasteiger partial charge in [-0.25, -0.2) is 13.8 Å². The highest BCUT2D eigenvalue weighted by Gasteiger charge is 2.16. The van der Waals surface area contributed by atoms with Crippen LogP contribution in [0.25, 0.3) is 11.1 Å². The van der Waals surface area contributed by atoms with E-state index in [4.69, 9.17) is 16.0 Å². The van der Waals surface area contributed by atoms with Gasteiger partial charge < -0.3 is 4.42 Å². The zero-order valence-corrected chi connectivity index (χ0v) is 11.4. The fourth-order valence-corrected chi connectivity index (χ4v) is 2.25. The van der Waals surface area contributed by atoms with Crippen molar-refractivity contribution in [2.24, 2.45) is 0 Å². The van der Waals surface area contributed by atoms with E-state index < -0.39 is 11.7 Å². The van der Waals surface area contributed by atoms with Crippen molar-refractivity contribution in [2.75, 3.05) is 0 Å². The van der Waals surface area contributed by atoms with Gasteiger partial charge in [-0.15, -0.1) is 0 Å². The van der Waals surface area contributed by atoms with Crippen molar-refractivity contribution in [2.45, 2.75) is 6.42 Å². The van der Waals surface area contributed by atoms with Crippen LogP contribution in [0.2, 0.25) is 5.02 Å². The molecule has 0 amide bonds. The van der Waals surface area contributed by atoms with Crippen LogP contribution in [-0.2, 0) is 6.42 Å². The lowest BCUT2D eigenvalue weighted by Gasteiger charge is -2.02. The van der Waals surface area contributed by atoms with E-state index in [0.29, 0.717) is 16.1 Å². The summed E-state index contributed by atoms with van der Waals surface area (Å²) in [5.74, 6) is -1.61. The molecule has 0 bridgehead atoms. The summed E-state index contributed by atoms with van der Waals surface area (Å²) in [5.41, 5.74) is 1.21. The van der Waals surface area contributed by atoms with Crippen LogP contribution in [0.4, 0.5) is 4.39 Å². The fourth-order valence-electron chi connectivity index (χ4n) is 2.08. The highest BCUT2D eigenvalue weighted by molar-refractivity contribution is 6.31. The summed E-state index contributed by atoms with van der Waals surface area (Å²) in [5, 5.41) is 0.395. The SMILES string of the molecule is O=C(Cc1ccc(F)cc1)n1c(=O)oc2ccc(Cl)cc21. The molecule has 1 aromatic heterocycles. The first-order valence-electron chi connectivity index (χ1n) is 6.13. The van der Waals surface area contributed by atoms with Crippen LogP contribution in [-0.4, -0.2) is 10.5 Å². The first-order valence-corrected chi connectivity index (χ1v) is 6.51. The van der Waals surface area contributed by atoms with Gasteiger partial charge in [0.1, 0.15) is 5.82 Å². The number of oxazole rings is 1. The molecule has 0 aliphatic rings. The highest BCUT2D eigenvalue weighted by atomic mass is 35.5. The van der Waals surface area contributed by atoms with Gasteiger partial charge >= 0.3 is 5.76 Å². The molecule has 3 aromatic rings. The lowest BCUT2D eigenvalue weighted by atomic mass is 10.1. The van der Waals surface area contributed by atoms with Gasteiger partial charge in [0, 0.05) is 5.02 Å². The maximum atomic E-state index is 12.8. The van der Waals surface area contributed by atoms with Crippen LogP contribution >= 0.6 is 11.6 Å². The Morgan fingerprint density at radius 1 is 1.19 bits per heavy atom. The minimum absolute atomic E-state index is 0.0403. The van der Waals surface area contributed by atoms with Gasteiger partial charge in [0.2, 0.25) is 5.91 Å². The van der Waals surface area contributed by atoms with Crippen LogP contribution in [0.15, 0.2) is 51.7 Å². The molecule has 21 heavy (non-hydrogen) atoms. The summed E-state index contributed by atoms with van der Waals surface area (Å²) in [6.45, 7) is 0. The van der Waals surface area contributed by atoms with E-state index in [1.807, 2.05) is 0 Å². The third kappa shape index (κ3) is 2.60. The number of fused-ring (bicyclic) bond motifs is 1. The van der Waals surface area contributed by atoms with Crippen LogP contribution in [0.5, 0.6) is 0 Å². The third-order valence-electron chi connectivity index (χ3n) is 3.06. The molecule has 0 saturated heterocycles. The number of hydrogen-bond acceptors (Lipinski definition) is 3. The molecule has 0 aliphatic heterocycles. The van der Waals surface area contributed by atoms with Crippen LogP contribution in [0.1, 0.15) is 10.4 Å². The molecule has 0 spiro atoms. The summed E-state index contributed by atoms with van der Waals surface area (Å²) >= 11 is 5.87. The van der Waals surface area contributed by atoms with Gasteiger partial charge in [0.05, 0.1) is 11.9 Å². The minimum atomic E-state index is -0.764. The molecule has 0 saturated carbocycles. The van der Waals surface area contributed by atoms with E-state index in [1.54, 1.807) is 6.07 Å². The van der Waals surface area contributed by atoms with Crippen LogP contribution in [0.3, 0.4) is 0 Å². The van der Waals surface area contributed by atoms with Crippen molar-refractivity contribution in [1.82, 2.24) is 4.57 Å². The number of carbonyl (C=O) groups excluding carboxylic acids is 1. The lowest BCUT2D eigenvalue weighted by Crippen LogP contribution is -2.24. The smallest absolute Gasteiger partial charge is 0.407 e. The first kappa shape index (κ1) is 13.6. The Labute approximate surface area is 123 Å². The molecule has 106 valence electrons. The molecule has 6 heteroatoms. The highest BCUT2D eigenvalue weighted by Crippen LogP contribution is 2.18. The zero-order valence-electron chi connectivity index (χ0n) is 10.7. The summed E-state index contributed by atoms with van der Waals surface area (Å²) in [6.07, 6.45) is -0.0403. The molecule has 0 N–H and O–H groups in total. The van der Waals surface area contributed by atoms with E-state index in [9.17, 15) is 14.0 Å². The van der Waals surface area contributed by atoms with Gasteiger partial charge in [-0.05, 0) is 35.9 Å². The summed E-state index contributed by atoms with van der Waals surface area (Å²) in [4.78, 5) is 24.1. The second-order valence-electron chi connectivity index (χ2n) is 4.51. The Morgan fingerprint density at radius 2 is 1.90 bits per heavy atom. The first-order chi connectivity index (χ1) is 10.0. The average Bonchev–Trinajstić information content (AvgIpc) is 2.76. The molecule has 1 heterocycles. The van der Waals surface area contributed by atoms with E-state index in [-0.39, 0.29) is 17.8 Å². The minimum Gasteiger partial charge on any atom is -0.407 e. The number of aromatic nitrogens is 1. The van der Waals surface area contributed by atoms with Gasteiger partial charge in [-0.1, -0.05) is 23.7 Å². The maximum Gasteiger partial charge on any atom is 0.426 e. The van der Waals surface area contributed by atoms with Crippen molar-refractivity contribution in [3.63, 3.8) is 0 Å². The molecule has 0 atom stereocenters.